The van der Waals surface area contributed by atoms with Crippen LogP contribution in [-0.2, 0) is 19.3 Å². The van der Waals surface area contributed by atoms with Crippen molar-refractivity contribution in [1.82, 2.24) is 9.97 Å². The third-order valence-corrected chi connectivity index (χ3v) is 5.71. The molecule has 0 saturated carbocycles. The van der Waals surface area contributed by atoms with Crippen LogP contribution >= 0.6 is 0 Å². The van der Waals surface area contributed by atoms with Crippen molar-refractivity contribution in [3.8, 4) is 11.4 Å². The molecule has 1 heterocycles. The van der Waals surface area contributed by atoms with Gasteiger partial charge in [-0.25, -0.2) is 9.97 Å². The first-order valence-corrected chi connectivity index (χ1v) is 10.1. The maximum atomic E-state index is 4.89. The van der Waals surface area contributed by atoms with Crippen LogP contribution in [0.2, 0.25) is 0 Å². The minimum Gasteiger partial charge on any atom is -0.236 e. The summed E-state index contributed by atoms with van der Waals surface area (Å²) in [7, 11) is 0. The SMILES string of the molecule is CCCCC1CCc2nc(-c3ccc(CC(C)CC)cc3)ncc2C1. The highest BCUT2D eigenvalue weighted by Crippen LogP contribution is 2.29. The van der Waals surface area contributed by atoms with Gasteiger partial charge < -0.3 is 0 Å². The first kappa shape index (κ1) is 18.1. The lowest BCUT2D eigenvalue weighted by Gasteiger charge is -2.23. The molecule has 3 rings (SSSR count). The molecule has 0 N–H and O–H groups in total. The van der Waals surface area contributed by atoms with Gasteiger partial charge in [-0.15, -0.1) is 0 Å². The van der Waals surface area contributed by atoms with Crippen molar-refractivity contribution in [3.05, 3.63) is 47.3 Å². The van der Waals surface area contributed by atoms with Crippen molar-refractivity contribution in [3.63, 3.8) is 0 Å². The second-order valence-corrected chi connectivity index (χ2v) is 7.83. The number of hydrogen-bond donors (Lipinski definition) is 0. The zero-order valence-electron chi connectivity index (χ0n) is 16.1. The Morgan fingerprint density at radius 3 is 2.68 bits per heavy atom. The van der Waals surface area contributed by atoms with Gasteiger partial charge in [0.1, 0.15) is 0 Å². The van der Waals surface area contributed by atoms with E-state index in [9.17, 15) is 0 Å². The monoisotopic (exact) mass is 336 g/mol. The van der Waals surface area contributed by atoms with Gasteiger partial charge in [0.15, 0.2) is 5.82 Å². The van der Waals surface area contributed by atoms with E-state index < -0.39 is 0 Å². The van der Waals surface area contributed by atoms with Crippen LogP contribution in [0.15, 0.2) is 30.5 Å². The van der Waals surface area contributed by atoms with E-state index in [1.54, 1.807) is 0 Å². The minimum atomic E-state index is 0.742. The zero-order chi connectivity index (χ0) is 17.6. The fraction of sp³-hybridized carbons (Fsp3) is 0.565. The van der Waals surface area contributed by atoms with Crippen LogP contribution in [0.3, 0.4) is 0 Å². The Labute approximate surface area is 153 Å². The van der Waals surface area contributed by atoms with Gasteiger partial charge in [0.25, 0.3) is 0 Å². The number of nitrogens with zero attached hydrogens (tertiary/aromatic N) is 2. The van der Waals surface area contributed by atoms with E-state index in [0.717, 1.165) is 36.1 Å². The summed E-state index contributed by atoms with van der Waals surface area (Å²) in [5.74, 6) is 2.47. The molecule has 0 spiro atoms. The first-order valence-electron chi connectivity index (χ1n) is 10.1. The molecule has 0 radical (unpaired) electrons. The average molecular weight is 337 g/mol. The molecule has 0 amide bonds. The van der Waals surface area contributed by atoms with Crippen molar-refractivity contribution in [2.24, 2.45) is 11.8 Å². The number of fused-ring (bicyclic) bond motifs is 1. The molecule has 2 unspecified atom stereocenters. The fourth-order valence-corrected chi connectivity index (χ4v) is 3.80. The zero-order valence-corrected chi connectivity index (χ0v) is 16.1. The molecule has 134 valence electrons. The van der Waals surface area contributed by atoms with Crippen molar-refractivity contribution >= 4 is 0 Å². The molecule has 0 aliphatic heterocycles. The van der Waals surface area contributed by atoms with Gasteiger partial charge in [-0.2, -0.15) is 0 Å². The third-order valence-electron chi connectivity index (χ3n) is 5.71. The van der Waals surface area contributed by atoms with Crippen LogP contribution in [0.1, 0.15) is 69.7 Å². The Morgan fingerprint density at radius 2 is 1.96 bits per heavy atom. The van der Waals surface area contributed by atoms with Gasteiger partial charge >= 0.3 is 0 Å². The van der Waals surface area contributed by atoms with Crippen LogP contribution in [0.4, 0.5) is 0 Å². The summed E-state index contributed by atoms with van der Waals surface area (Å²) in [5.41, 5.74) is 5.21. The van der Waals surface area contributed by atoms with Gasteiger partial charge in [0.2, 0.25) is 0 Å². The number of hydrogen-bond acceptors (Lipinski definition) is 2. The van der Waals surface area contributed by atoms with Crippen LogP contribution in [0.25, 0.3) is 11.4 Å². The van der Waals surface area contributed by atoms with E-state index in [0.29, 0.717) is 0 Å². The van der Waals surface area contributed by atoms with Crippen LogP contribution in [0, 0.1) is 11.8 Å². The highest BCUT2D eigenvalue weighted by Gasteiger charge is 2.20. The van der Waals surface area contributed by atoms with Crippen LogP contribution < -0.4 is 0 Å². The van der Waals surface area contributed by atoms with Crippen molar-refractivity contribution in [1.29, 1.82) is 0 Å². The Bertz CT molecular complexity index is 675. The molecule has 2 heteroatoms. The molecule has 0 bridgehead atoms. The Hall–Kier alpha value is -1.70. The van der Waals surface area contributed by atoms with Gasteiger partial charge in [-0.05, 0) is 48.6 Å². The number of benzene rings is 1. The number of unbranched alkanes of at least 4 members (excludes halogenated alkanes) is 1. The summed E-state index contributed by atoms with van der Waals surface area (Å²) in [5, 5.41) is 0. The largest absolute Gasteiger partial charge is 0.236 e. The van der Waals surface area contributed by atoms with E-state index in [1.807, 2.05) is 0 Å². The predicted octanol–water partition coefficient (Wildman–Crippen LogP) is 6.03. The smallest absolute Gasteiger partial charge is 0.159 e. The van der Waals surface area contributed by atoms with Gasteiger partial charge in [-0.1, -0.05) is 70.7 Å². The lowest BCUT2D eigenvalue weighted by Crippen LogP contribution is -2.16. The Morgan fingerprint density at radius 1 is 1.16 bits per heavy atom. The summed E-state index contributed by atoms with van der Waals surface area (Å²) in [6.45, 7) is 6.85. The first-order chi connectivity index (χ1) is 12.2. The molecule has 0 fully saturated rings. The van der Waals surface area contributed by atoms with Crippen molar-refractivity contribution in [2.45, 2.75) is 72.1 Å². The van der Waals surface area contributed by atoms with Gasteiger partial charge in [0, 0.05) is 17.5 Å². The summed E-state index contributed by atoms with van der Waals surface area (Å²) in [4.78, 5) is 9.57. The number of rotatable bonds is 7. The second kappa shape index (κ2) is 8.60. The molecule has 2 atom stereocenters. The average Bonchev–Trinajstić information content (AvgIpc) is 2.66. The molecule has 1 aromatic carbocycles. The Balaban J connectivity index is 1.70. The summed E-state index contributed by atoms with van der Waals surface area (Å²) >= 11 is 0. The van der Waals surface area contributed by atoms with E-state index >= 15 is 0 Å². The highest BCUT2D eigenvalue weighted by atomic mass is 14.9. The van der Waals surface area contributed by atoms with Gasteiger partial charge in [0.05, 0.1) is 0 Å². The maximum absolute atomic E-state index is 4.89. The Kier molecular flexibility index (Phi) is 6.23. The second-order valence-electron chi connectivity index (χ2n) is 7.83. The summed E-state index contributed by atoms with van der Waals surface area (Å²) in [6.07, 6.45) is 12.0. The number of aryl methyl sites for hydroxylation is 1. The molecule has 2 aromatic rings. The van der Waals surface area contributed by atoms with Gasteiger partial charge in [-0.3, -0.25) is 0 Å². The van der Waals surface area contributed by atoms with E-state index in [2.05, 4.69) is 56.2 Å². The van der Waals surface area contributed by atoms with E-state index in [1.165, 1.54) is 55.3 Å². The molecule has 1 aliphatic carbocycles. The number of aromatic nitrogens is 2. The van der Waals surface area contributed by atoms with Crippen LogP contribution in [-0.4, -0.2) is 9.97 Å². The van der Waals surface area contributed by atoms with Crippen LogP contribution in [0.5, 0.6) is 0 Å². The molecule has 1 aromatic heterocycles. The molecule has 2 nitrogen and oxygen atoms in total. The fourth-order valence-electron chi connectivity index (χ4n) is 3.80. The molecular weight excluding hydrogens is 304 g/mol. The molecular formula is C23H32N2. The quantitative estimate of drug-likeness (QED) is 0.617. The maximum Gasteiger partial charge on any atom is 0.159 e. The standard InChI is InChI=1S/C23H32N2/c1-4-6-7-18-10-13-22-21(15-18)16-24-23(25-22)20-11-8-19(9-12-20)14-17(3)5-2/h8-9,11-12,16-18H,4-7,10,13-15H2,1-3H3. The lowest BCUT2D eigenvalue weighted by molar-refractivity contribution is 0.408. The molecule has 25 heavy (non-hydrogen) atoms. The highest BCUT2D eigenvalue weighted by molar-refractivity contribution is 5.55. The third kappa shape index (κ3) is 4.68. The minimum absolute atomic E-state index is 0.742. The molecule has 1 aliphatic rings. The van der Waals surface area contributed by atoms with Crippen molar-refractivity contribution < 1.29 is 0 Å². The summed E-state index contributed by atoms with van der Waals surface area (Å²) < 4.78 is 0. The molecule has 0 saturated heterocycles. The normalized spacial score (nSPS) is 18.0. The lowest BCUT2D eigenvalue weighted by atomic mass is 9.84. The van der Waals surface area contributed by atoms with Crippen molar-refractivity contribution in [2.75, 3.05) is 0 Å². The predicted molar refractivity (Wildman–Crippen MR) is 106 cm³/mol. The van der Waals surface area contributed by atoms with E-state index in [4.69, 9.17) is 4.98 Å². The van der Waals surface area contributed by atoms with E-state index in [-0.39, 0.29) is 0 Å². The topological polar surface area (TPSA) is 25.8 Å². The summed E-state index contributed by atoms with van der Waals surface area (Å²) in [6, 6.07) is 8.86.